The number of aliphatic carboxylic acids is 1. The molecule has 15 heavy (non-hydrogen) atoms. The number of nitrogens with zero attached hydrogens (tertiary/aromatic N) is 2. The molecule has 0 amide bonds. The first-order valence-electron chi connectivity index (χ1n) is 4.71. The Balaban J connectivity index is 2.89. The van der Waals surface area contributed by atoms with Gasteiger partial charge in [-0.25, -0.2) is 9.97 Å². The minimum absolute atomic E-state index is 0.283. The summed E-state index contributed by atoms with van der Waals surface area (Å²) in [5, 5.41) is 9.44. The zero-order valence-electron chi connectivity index (χ0n) is 8.64. The summed E-state index contributed by atoms with van der Waals surface area (Å²) >= 11 is 5.63. The molecule has 0 aliphatic rings. The minimum Gasteiger partial charge on any atom is -0.481 e. The number of aromatic nitrogens is 2. The van der Waals surface area contributed by atoms with E-state index in [9.17, 15) is 4.79 Å². The van der Waals surface area contributed by atoms with Gasteiger partial charge in [0.1, 0.15) is 11.7 Å². The molecule has 0 aliphatic heterocycles. The maximum Gasteiger partial charge on any atom is 0.314 e. The summed E-state index contributed by atoms with van der Waals surface area (Å²) in [4.78, 5) is 18.9. The molecule has 0 aliphatic carbocycles. The maximum atomic E-state index is 11.0. The molecule has 0 spiro atoms. The molecule has 1 aromatic rings. The smallest absolute Gasteiger partial charge is 0.314 e. The Morgan fingerprint density at radius 1 is 1.47 bits per heavy atom. The third kappa shape index (κ3) is 3.47. The average Bonchev–Trinajstić information content (AvgIpc) is 2.15. The first-order chi connectivity index (χ1) is 7.00. The number of hydrogen-bond donors (Lipinski definition) is 1. The van der Waals surface area contributed by atoms with E-state index in [0.717, 1.165) is 0 Å². The van der Waals surface area contributed by atoms with Gasteiger partial charge in [-0.15, -0.1) is 0 Å². The summed E-state index contributed by atoms with van der Waals surface area (Å²) in [6.45, 7) is 3.93. The van der Waals surface area contributed by atoms with Crippen molar-refractivity contribution in [1.82, 2.24) is 9.97 Å². The second kappa shape index (κ2) is 5.07. The van der Waals surface area contributed by atoms with Gasteiger partial charge in [-0.3, -0.25) is 4.79 Å². The molecule has 0 radical (unpaired) electrons. The van der Waals surface area contributed by atoms with Gasteiger partial charge >= 0.3 is 5.97 Å². The number of carboxylic acid groups (broad SMARTS) is 1. The molecule has 1 heterocycles. The molecule has 4 nitrogen and oxygen atoms in total. The lowest BCUT2D eigenvalue weighted by molar-refractivity contribution is -0.139. The Kier molecular flexibility index (Phi) is 4.03. The van der Waals surface area contributed by atoms with E-state index in [4.69, 9.17) is 16.7 Å². The van der Waals surface area contributed by atoms with Gasteiger partial charge in [0.25, 0.3) is 0 Å². The number of halogens is 1. The van der Waals surface area contributed by atoms with E-state index in [0.29, 0.717) is 17.3 Å². The van der Waals surface area contributed by atoms with Crippen molar-refractivity contribution >= 4 is 17.6 Å². The van der Waals surface area contributed by atoms with Crippen LogP contribution in [0.5, 0.6) is 0 Å². The van der Waals surface area contributed by atoms with Crippen LogP contribution in [0.15, 0.2) is 12.4 Å². The monoisotopic (exact) mass is 228 g/mol. The molecule has 1 atom stereocenters. The fraction of sp³-hybridized carbons (Fsp3) is 0.500. The van der Waals surface area contributed by atoms with Crippen molar-refractivity contribution in [2.24, 2.45) is 5.92 Å². The standard InChI is InChI=1S/C10H13ClN2O2/c1-6(2)3-8(10(14)15)9-12-4-7(11)5-13-9/h4-6,8H,3H2,1-2H3,(H,14,15). The van der Waals surface area contributed by atoms with Crippen LogP contribution in [0.4, 0.5) is 0 Å². The van der Waals surface area contributed by atoms with Crippen LogP contribution in [0.1, 0.15) is 32.0 Å². The lowest BCUT2D eigenvalue weighted by Crippen LogP contribution is -2.16. The molecule has 0 saturated heterocycles. The van der Waals surface area contributed by atoms with Crippen LogP contribution in [0, 0.1) is 5.92 Å². The summed E-state index contributed by atoms with van der Waals surface area (Å²) in [5.74, 6) is -0.945. The highest BCUT2D eigenvalue weighted by atomic mass is 35.5. The third-order valence-corrected chi connectivity index (χ3v) is 2.15. The Morgan fingerprint density at radius 2 is 2.00 bits per heavy atom. The Hall–Kier alpha value is -1.16. The molecule has 0 saturated carbocycles. The predicted molar refractivity (Wildman–Crippen MR) is 56.9 cm³/mol. The quantitative estimate of drug-likeness (QED) is 0.859. The minimum atomic E-state index is -0.897. The van der Waals surface area contributed by atoms with Crippen molar-refractivity contribution < 1.29 is 9.90 Å². The second-order valence-corrected chi connectivity index (χ2v) is 4.22. The summed E-state index contributed by atoms with van der Waals surface area (Å²) in [7, 11) is 0. The van der Waals surface area contributed by atoms with E-state index in [1.165, 1.54) is 12.4 Å². The number of hydrogen-bond acceptors (Lipinski definition) is 3. The van der Waals surface area contributed by atoms with E-state index in [2.05, 4.69) is 9.97 Å². The van der Waals surface area contributed by atoms with Crippen molar-refractivity contribution in [2.45, 2.75) is 26.2 Å². The summed E-state index contributed by atoms with van der Waals surface area (Å²) < 4.78 is 0. The van der Waals surface area contributed by atoms with Crippen LogP contribution in [-0.2, 0) is 4.79 Å². The van der Waals surface area contributed by atoms with Gasteiger partial charge in [-0.2, -0.15) is 0 Å². The highest BCUT2D eigenvalue weighted by Crippen LogP contribution is 2.21. The van der Waals surface area contributed by atoms with Crippen LogP contribution in [0.2, 0.25) is 5.02 Å². The lowest BCUT2D eigenvalue weighted by atomic mass is 9.96. The van der Waals surface area contributed by atoms with Gasteiger partial charge in [0, 0.05) is 12.4 Å². The highest BCUT2D eigenvalue weighted by molar-refractivity contribution is 6.30. The van der Waals surface area contributed by atoms with Gasteiger partial charge in [-0.1, -0.05) is 25.4 Å². The Labute approximate surface area is 93.3 Å². The number of carboxylic acids is 1. The van der Waals surface area contributed by atoms with Crippen molar-refractivity contribution in [3.63, 3.8) is 0 Å². The van der Waals surface area contributed by atoms with Crippen LogP contribution in [0.25, 0.3) is 0 Å². The van der Waals surface area contributed by atoms with Crippen LogP contribution in [-0.4, -0.2) is 21.0 Å². The predicted octanol–water partition coefficient (Wildman–Crippen LogP) is 2.34. The van der Waals surface area contributed by atoms with Crippen LogP contribution in [0.3, 0.4) is 0 Å². The summed E-state index contributed by atoms with van der Waals surface area (Å²) in [6.07, 6.45) is 3.36. The molecule has 1 rings (SSSR count). The average molecular weight is 229 g/mol. The zero-order valence-corrected chi connectivity index (χ0v) is 9.40. The third-order valence-electron chi connectivity index (χ3n) is 1.96. The molecule has 0 aromatic carbocycles. The van der Waals surface area contributed by atoms with Crippen molar-refractivity contribution in [2.75, 3.05) is 0 Å². The summed E-state index contributed by atoms with van der Waals surface area (Å²) in [5.41, 5.74) is 0. The molecule has 1 unspecified atom stereocenters. The largest absolute Gasteiger partial charge is 0.481 e. The zero-order chi connectivity index (χ0) is 11.4. The van der Waals surface area contributed by atoms with Gasteiger partial charge in [0.2, 0.25) is 0 Å². The molecule has 0 bridgehead atoms. The van der Waals surface area contributed by atoms with Gasteiger partial charge in [0.05, 0.1) is 5.02 Å². The Bertz CT molecular complexity index is 338. The number of rotatable bonds is 4. The normalized spacial score (nSPS) is 12.8. The second-order valence-electron chi connectivity index (χ2n) is 3.78. The fourth-order valence-electron chi connectivity index (χ4n) is 1.29. The van der Waals surface area contributed by atoms with Crippen molar-refractivity contribution in [1.29, 1.82) is 0 Å². The van der Waals surface area contributed by atoms with E-state index >= 15 is 0 Å². The first kappa shape index (κ1) is 11.9. The summed E-state index contributed by atoms with van der Waals surface area (Å²) in [6, 6.07) is 0. The van der Waals surface area contributed by atoms with Crippen LogP contribution < -0.4 is 0 Å². The molecule has 82 valence electrons. The number of carbonyl (C=O) groups is 1. The van der Waals surface area contributed by atoms with E-state index in [1.54, 1.807) is 0 Å². The highest BCUT2D eigenvalue weighted by Gasteiger charge is 2.23. The van der Waals surface area contributed by atoms with E-state index in [-0.39, 0.29) is 5.92 Å². The molecule has 1 N–H and O–H groups in total. The van der Waals surface area contributed by atoms with Crippen molar-refractivity contribution in [3.05, 3.63) is 23.2 Å². The van der Waals surface area contributed by atoms with Gasteiger partial charge in [0.15, 0.2) is 0 Å². The lowest BCUT2D eigenvalue weighted by Gasteiger charge is -2.12. The van der Waals surface area contributed by atoms with Gasteiger partial charge in [-0.05, 0) is 12.3 Å². The van der Waals surface area contributed by atoms with E-state index < -0.39 is 11.9 Å². The van der Waals surface area contributed by atoms with Crippen molar-refractivity contribution in [3.8, 4) is 0 Å². The molecular weight excluding hydrogens is 216 g/mol. The molecule has 5 heteroatoms. The maximum absolute atomic E-state index is 11.0. The van der Waals surface area contributed by atoms with Crippen LogP contribution >= 0.6 is 11.6 Å². The van der Waals surface area contributed by atoms with Gasteiger partial charge < -0.3 is 5.11 Å². The topological polar surface area (TPSA) is 63.1 Å². The molecule has 1 aromatic heterocycles. The first-order valence-corrected chi connectivity index (χ1v) is 5.08. The molecular formula is C10H13ClN2O2. The SMILES string of the molecule is CC(C)CC(C(=O)O)c1ncc(Cl)cn1. The fourth-order valence-corrected chi connectivity index (χ4v) is 1.39. The molecule has 0 fully saturated rings. The van der Waals surface area contributed by atoms with E-state index in [1.807, 2.05) is 13.8 Å². The Morgan fingerprint density at radius 3 is 2.40 bits per heavy atom.